The fourth-order valence-electron chi connectivity index (χ4n) is 3.98. The Morgan fingerprint density at radius 3 is 2.67 bits per heavy atom. The fraction of sp³-hybridized carbons (Fsp3) is 0.476. The van der Waals surface area contributed by atoms with E-state index in [2.05, 4.69) is 15.6 Å². The number of rotatable bonds is 6. The predicted molar refractivity (Wildman–Crippen MR) is 107 cm³/mol. The summed E-state index contributed by atoms with van der Waals surface area (Å²) in [7, 11) is 1.75. The first-order chi connectivity index (χ1) is 14.3. The average molecular weight is 414 g/mol. The number of aromatic nitrogens is 2. The van der Waals surface area contributed by atoms with Crippen molar-refractivity contribution in [1.82, 2.24) is 20.2 Å². The van der Waals surface area contributed by atoms with Crippen molar-refractivity contribution in [3.05, 3.63) is 54.1 Å². The number of benzene rings is 1. The third kappa shape index (κ3) is 3.96. The molecular weight excluding hydrogens is 388 g/mol. The van der Waals surface area contributed by atoms with Crippen LogP contribution in [0.25, 0.3) is 0 Å². The molecule has 2 N–H and O–H groups in total. The highest BCUT2D eigenvalue weighted by molar-refractivity contribution is 5.94. The van der Waals surface area contributed by atoms with E-state index in [-0.39, 0.29) is 31.5 Å². The lowest BCUT2D eigenvalue weighted by Crippen LogP contribution is -2.52. The Hall–Kier alpha value is -2.75. The molecule has 0 radical (unpaired) electrons. The smallest absolute Gasteiger partial charge is 0.269 e. The maximum atomic E-state index is 12.5. The van der Waals surface area contributed by atoms with E-state index in [9.17, 15) is 9.59 Å². The van der Waals surface area contributed by atoms with Gasteiger partial charge in [-0.25, -0.2) is 4.98 Å². The molecule has 0 bridgehead atoms. The van der Waals surface area contributed by atoms with Gasteiger partial charge in [-0.15, -0.1) is 0 Å². The van der Waals surface area contributed by atoms with E-state index in [4.69, 9.17) is 14.2 Å². The Morgan fingerprint density at radius 2 is 1.97 bits per heavy atom. The fourth-order valence-corrected chi connectivity index (χ4v) is 3.98. The third-order valence-electron chi connectivity index (χ3n) is 5.36. The average Bonchev–Trinajstić information content (AvgIpc) is 3.36. The lowest BCUT2D eigenvalue weighted by atomic mass is 9.96. The lowest BCUT2D eigenvalue weighted by molar-refractivity contribution is -0.188. The molecule has 3 heterocycles. The number of carbonyl (C=O) groups excluding carboxylic acids is 2. The monoisotopic (exact) mass is 414 g/mol. The Labute approximate surface area is 174 Å². The van der Waals surface area contributed by atoms with Gasteiger partial charge in [-0.1, -0.05) is 18.2 Å². The molecule has 0 saturated carbocycles. The molecule has 2 fully saturated rings. The van der Waals surface area contributed by atoms with Gasteiger partial charge >= 0.3 is 0 Å². The third-order valence-corrected chi connectivity index (χ3v) is 5.36. The summed E-state index contributed by atoms with van der Waals surface area (Å²) in [4.78, 5) is 28.8. The summed E-state index contributed by atoms with van der Waals surface area (Å²) in [6.45, 7) is 4.40. The Bertz CT molecular complexity index is 928. The van der Waals surface area contributed by atoms with Gasteiger partial charge in [0.15, 0.2) is 5.79 Å². The van der Waals surface area contributed by atoms with Crippen LogP contribution in [-0.2, 0) is 21.3 Å². The summed E-state index contributed by atoms with van der Waals surface area (Å²) >= 11 is 0. The standard InChI is InChI=1S/C21H26N4O5/c1-20(2)29-17-16(10-23-19(27)15-9-22-13-25(15)3)28-12-21(17,30-20)11-24-18(26)14-7-5-4-6-8-14/h4-9,13,16-17H,10-12H2,1-3H3,(H,23,27)(H,24,26)/t16-,17-,21+/m1/s1. The van der Waals surface area contributed by atoms with Crippen LogP contribution >= 0.6 is 0 Å². The molecule has 2 saturated heterocycles. The number of amides is 2. The number of imidazole rings is 1. The molecule has 9 heteroatoms. The predicted octanol–water partition coefficient (Wildman–Crippen LogP) is 0.869. The SMILES string of the molecule is Cn1cncc1C(=O)NC[C@H]1OC[C@]2(CNC(=O)c3ccccc3)OC(C)(C)O[C@H]12. The quantitative estimate of drug-likeness (QED) is 0.727. The van der Waals surface area contributed by atoms with E-state index in [0.29, 0.717) is 11.3 Å². The second kappa shape index (κ2) is 7.82. The molecule has 2 aromatic rings. The van der Waals surface area contributed by atoms with E-state index >= 15 is 0 Å². The van der Waals surface area contributed by atoms with Crippen molar-refractivity contribution in [2.45, 2.75) is 37.4 Å². The summed E-state index contributed by atoms with van der Waals surface area (Å²) < 4.78 is 19.9. The van der Waals surface area contributed by atoms with Gasteiger partial charge in [0.2, 0.25) is 0 Å². The molecular formula is C21H26N4O5. The number of fused-ring (bicyclic) bond motifs is 1. The minimum Gasteiger partial charge on any atom is -0.370 e. The van der Waals surface area contributed by atoms with Crippen LogP contribution in [0.15, 0.2) is 42.9 Å². The van der Waals surface area contributed by atoms with Crippen molar-refractivity contribution >= 4 is 11.8 Å². The van der Waals surface area contributed by atoms with Crippen LogP contribution in [0.2, 0.25) is 0 Å². The van der Waals surface area contributed by atoms with Crippen molar-refractivity contribution in [3.63, 3.8) is 0 Å². The van der Waals surface area contributed by atoms with Crippen LogP contribution in [0.4, 0.5) is 0 Å². The van der Waals surface area contributed by atoms with E-state index in [1.165, 1.54) is 6.20 Å². The summed E-state index contributed by atoms with van der Waals surface area (Å²) in [5, 5.41) is 5.80. The zero-order valence-electron chi connectivity index (χ0n) is 17.3. The van der Waals surface area contributed by atoms with Gasteiger partial charge in [-0.2, -0.15) is 0 Å². The van der Waals surface area contributed by atoms with Crippen LogP contribution in [0, 0.1) is 0 Å². The minimum absolute atomic E-state index is 0.190. The van der Waals surface area contributed by atoms with E-state index < -0.39 is 23.6 Å². The number of hydrogen-bond donors (Lipinski definition) is 2. The molecule has 2 amide bonds. The maximum Gasteiger partial charge on any atom is 0.269 e. The number of hydrogen-bond acceptors (Lipinski definition) is 6. The molecule has 0 unspecified atom stereocenters. The Morgan fingerprint density at radius 1 is 1.20 bits per heavy atom. The van der Waals surface area contributed by atoms with Crippen molar-refractivity contribution in [3.8, 4) is 0 Å². The van der Waals surface area contributed by atoms with Gasteiger partial charge in [0, 0.05) is 19.2 Å². The van der Waals surface area contributed by atoms with Crippen molar-refractivity contribution in [1.29, 1.82) is 0 Å². The molecule has 1 aromatic carbocycles. The van der Waals surface area contributed by atoms with Gasteiger partial charge in [0.1, 0.15) is 23.5 Å². The molecule has 2 aliphatic rings. The second-order valence-electron chi connectivity index (χ2n) is 8.10. The molecule has 160 valence electrons. The summed E-state index contributed by atoms with van der Waals surface area (Å²) in [6, 6.07) is 8.99. The van der Waals surface area contributed by atoms with E-state index in [1.807, 2.05) is 32.0 Å². The first kappa shape index (κ1) is 20.5. The second-order valence-corrected chi connectivity index (χ2v) is 8.10. The highest BCUT2D eigenvalue weighted by atomic mass is 16.8. The molecule has 3 atom stereocenters. The molecule has 1 aromatic heterocycles. The highest BCUT2D eigenvalue weighted by Crippen LogP contribution is 2.43. The number of nitrogens with zero attached hydrogens (tertiary/aromatic N) is 2. The summed E-state index contributed by atoms with van der Waals surface area (Å²) in [6.07, 6.45) is 2.23. The molecule has 2 aliphatic heterocycles. The zero-order chi connectivity index (χ0) is 21.4. The Balaban J connectivity index is 1.42. The van der Waals surface area contributed by atoms with E-state index in [1.54, 1.807) is 30.1 Å². The first-order valence-corrected chi connectivity index (χ1v) is 9.87. The Kier molecular flexibility index (Phi) is 5.35. The largest absolute Gasteiger partial charge is 0.370 e. The van der Waals surface area contributed by atoms with Crippen LogP contribution < -0.4 is 10.6 Å². The number of ether oxygens (including phenoxy) is 3. The van der Waals surface area contributed by atoms with Crippen molar-refractivity contribution < 1.29 is 23.8 Å². The lowest BCUT2D eigenvalue weighted by Gasteiger charge is -2.27. The topological polar surface area (TPSA) is 104 Å². The molecule has 30 heavy (non-hydrogen) atoms. The number of aryl methyl sites for hydroxylation is 1. The van der Waals surface area contributed by atoms with Gasteiger partial charge in [0.05, 0.1) is 25.7 Å². The molecule has 0 aliphatic carbocycles. The highest BCUT2D eigenvalue weighted by Gasteiger charge is 2.61. The van der Waals surface area contributed by atoms with Gasteiger partial charge < -0.3 is 29.4 Å². The van der Waals surface area contributed by atoms with Crippen LogP contribution in [0.5, 0.6) is 0 Å². The van der Waals surface area contributed by atoms with Crippen LogP contribution in [0.1, 0.15) is 34.7 Å². The maximum absolute atomic E-state index is 12.5. The van der Waals surface area contributed by atoms with Crippen LogP contribution in [-0.4, -0.2) is 64.7 Å². The van der Waals surface area contributed by atoms with Crippen LogP contribution in [0.3, 0.4) is 0 Å². The minimum atomic E-state index is -0.824. The summed E-state index contributed by atoms with van der Waals surface area (Å²) in [5.41, 5.74) is 0.205. The molecule has 4 rings (SSSR count). The van der Waals surface area contributed by atoms with Gasteiger partial charge in [-0.3, -0.25) is 9.59 Å². The van der Waals surface area contributed by atoms with Gasteiger partial charge in [0.25, 0.3) is 11.8 Å². The molecule has 9 nitrogen and oxygen atoms in total. The van der Waals surface area contributed by atoms with Gasteiger partial charge in [-0.05, 0) is 26.0 Å². The van der Waals surface area contributed by atoms with E-state index in [0.717, 1.165) is 0 Å². The number of nitrogens with one attached hydrogen (secondary N) is 2. The zero-order valence-corrected chi connectivity index (χ0v) is 17.3. The normalized spacial score (nSPS) is 26.9. The number of carbonyl (C=O) groups is 2. The molecule has 0 spiro atoms. The first-order valence-electron chi connectivity index (χ1n) is 9.87. The van der Waals surface area contributed by atoms with Crippen molar-refractivity contribution in [2.24, 2.45) is 7.05 Å². The summed E-state index contributed by atoms with van der Waals surface area (Å²) in [5.74, 6) is -1.26. The van der Waals surface area contributed by atoms with Crippen molar-refractivity contribution in [2.75, 3.05) is 19.7 Å².